The highest BCUT2D eigenvalue weighted by Gasteiger charge is 2.25. The highest BCUT2D eigenvalue weighted by atomic mass is 16.4. The van der Waals surface area contributed by atoms with Gasteiger partial charge in [-0.1, -0.05) is 0 Å². The Kier molecular flexibility index (Phi) is 3.24. The van der Waals surface area contributed by atoms with E-state index in [9.17, 15) is 4.79 Å². The molecule has 0 atom stereocenters. The molecule has 0 aromatic heterocycles. The summed E-state index contributed by atoms with van der Waals surface area (Å²) in [5, 5.41) is 13.7. The molecule has 0 unspecified atom stereocenters. The highest BCUT2D eigenvalue weighted by molar-refractivity contribution is 5.80. The van der Waals surface area contributed by atoms with Crippen molar-refractivity contribution >= 4 is 11.8 Å². The van der Waals surface area contributed by atoms with Gasteiger partial charge in [0.15, 0.2) is 0 Å². The van der Waals surface area contributed by atoms with Gasteiger partial charge in [-0.05, 0) is 34.6 Å². The molecule has 0 spiro atoms. The van der Waals surface area contributed by atoms with Gasteiger partial charge in [0.2, 0.25) is 0 Å². The molecule has 0 radical (unpaired) electrons. The van der Waals surface area contributed by atoms with Crippen molar-refractivity contribution in [2.45, 2.75) is 40.2 Å². The van der Waals surface area contributed by atoms with Crippen molar-refractivity contribution in [3.05, 3.63) is 0 Å². The summed E-state index contributed by atoms with van der Waals surface area (Å²) in [6, 6.07) is 0. The summed E-state index contributed by atoms with van der Waals surface area (Å²) in [5.41, 5.74) is 0.246. The second-order valence-corrected chi connectivity index (χ2v) is 3.81. The third-order valence-corrected chi connectivity index (χ3v) is 1.12. The third kappa shape index (κ3) is 3.37. The van der Waals surface area contributed by atoms with E-state index in [0.717, 1.165) is 10.7 Å². The van der Waals surface area contributed by atoms with E-state index in [1.54, 1.807) is 34.6 Å². The summed E-state index contributed by atoms with van der Waals surface area (Å²) >= 11 is 0. The Bertz CT molecular complexity index is 200. The van der Waals surface area contributed by atoms with E-state index in [1.165, 1.54) is 0 Å². The zero-order chi connectivity index (χ0) is 9.94. The van der Waals surface area contributed by atoms with Crippen LogP contribution in [0.25, 0.3) is 0 Å². The SMILES string of the molecule is CC(C)=NN(C(=O)O)C(C)(C)C. The van der Waals surface area contributed by atoms with Gasteiger partial charge in [-0.2, -0.15) is 10.1 Å². The summed E-state index contributed by atoms with van der Waals surface area (Å²) in [6.45, 7) is 8.93. The van der Waals surface area contributed by atoms with Gasteiger partial charge in [-0.15, -0.1) is 0 Å². The van der Waals surface area contributed by atoms with E-state index < -0.39 is 11.6 Å². The van der Waals surface area contributed by atoms with Crippen molar-refractivity contribution in [1.82, 2.24) is 5.01 Å². The molecule has 0 aliphatic rings. The normalized spacial score (nSPS) is 10.8. The van der Waals surface area contributed by atoms with Gasteiger partial charge < -0.3 is 5.11 Å². The number of hydrogen-bond donors (Lipinski definition) is 1. The fraction of sp³-hybridized carbons (Fsp3) is 0.750. The third-order valence-electron chi connectivity index (χ3n) is 1.12. The molecule has 12 heavy (non-hydrogen) atoms. The maximum absolute atomic E-state index is 10.7. The van der Waals surface area contributed by atoms with Gasteiger partial charge in [0, 0.05) is 5.71 Å². The Morgan fingerprint density at radius 3 is 1.83 bits per heavy atom. The van der Waals surface area contributed by atoms with Gasteiger partial charge in [-0.3, -0.25) is 0 Å². The van der Waals surface area contributed by atoms with Crippen LogP contribution in [-0.4, -0.2) is 27.5 Å². The minimum absolute atomic E-state index is 0.483. The molecule has 4 nitrogen and oxygen atoms in total. The summed E-state index contributed by atoms with van der Waals surface area (Å²) < 4.78 is 0. The van der Waals surface area contributed by atoms with E-state index >= 15 is 0 Å². The lowest BCUT2D eigenvalue weighted by atomic mass is 10.1. The first-order chi connectivity index (χ1) is 5.25. The number of carboxylic acid groups (broad SMARTS) is 1. The molecular weight excluding hydrogens is 156 g/mol. The number of amides is 1. The summed E-state index contributed by atoms with van der Waals surface area (Å²) in [4.78, 5) is 10.7. The average Bonchev–Trinajstić information content (AvgIpc) is 1.79. The van der Waals surface area contributed by atoms with Crippen LogP contribution in [0.2, 0.25) is 0 Å². The van der Waals surface area contributed by atoms with E-state index in [0.29, 0.717) is 0 Å². The lowest BCUT2D eigenvalue weighted by Gasteiger charge is -2.28. The zero-order valence-corrected chi connectivity index (χ0v) is 8.25. The molecule has 0 rings (SSSR count). The Balaban J connectivity index is 4.70. The topological polar surface area (TPSA) is 52.9 Å². The van der Waals surface area contributed by atoms with Crippen LogP contribution in [0.1, 0.15) is 34.6 Å². The van der Waals surface area contributed by atoms with Gasteiger partial charge in [0.25, 0.3) is 0 Å². The van der Waals surface area contributed by atoms with Crippen molar-refractivity contribution in [3.63, 3.8) is 0 Å². The van der Waals surface area contributed by atoms with Crippen LogP contribution < -0.4 is 0 Å². The summed E-state index contributed by atoms with van der Waals surface area (Å²) in [6.07, 6.45) is -1.02. The molecule has 0 aliphatic carbocycles. The Labute approximate surface area is 72.9 Å². The number of nitrogens with zero attached hydrogens (tertiary/aromatic N) is 2. The molecule has 0 aromatic rings. The molecule has 70 valence electrons. The molecule has 0 saturated carbocycles. The van der Waals surface area contributed by atoms with Crippen molar-refractivity contribution in [2.24, 2.45) is 5.10 Å². The number of carbonyl (C=O) groups is 1. The van der Waals surface area contributed by atoms with Gasteiger partial charge >= 0.3 is 6.09 Å². The molecular formula is C8H16N2O2. The van der Waals surface area contributed by atoms with E-state index in [-0.39, 0.29) is 0 Å². The van der Waals surface area contributed by atoms with Crippen LogP contribution in [0.3, 0.4) is 0 Å². The second-order valence-electron chi connectivity index (χ2n) is 3.81. The van der Waals surface area contributed by atoms with Crippen molar-refractivity contribution in [3.8, 4) is 0 Å². The molecule has 4 heteroatoms. The smallest absolute Gasteiger partial charge is 0.428 e. The fourth-order valence-corrected chi connectivity index (χ4v) is 0.680. The maximum atomic E-state index is 10.7. The zero-order valence-electron chi connectivity index (χ0n) is 8.25. The molecule has 0 aliphatic heterocycles. The number of rotatable bonds is 1. The molecule has 0 saturated heterocycles. The highest BCUT2D eigenvalue weighted by Crippen LogP contribution is 2.13. The fourth-order valence-electron chi connectivity index (χ4n) is 0.680. The predicted molar refractivity (Wildman–Crippen MR) is 48.4 cm³/mol. The largest absolute Gasteiger partial charge is 0.464 e. The van der Waals surface area contributed by atoms with Crippen LogP contribution in [-0.2, 0) is 0 Å². The summed E-state index contributed by atoms with van der Waals surface area (Å²) in [5.74, 6) is 0. The Hall–Kier alpha value is -1.06. The average molecular weight is 172 g/mol. The first kappa shape index (κ1) is 10.9. The predicted octanol–water partition coefficient (Wildman–Crippen LogP) is 2.16. The molecule has 0 fully saturated rings. The lowest BCUT2D eigenvalue weighted by Crippen LogP contribution is -2.41. The van der Waals surface area contributed by atoms with Crippen LogP contribution >= 0.6 is 0 Å². The van der Waals surface area contributed by atoms with E-state index in [2.05, 4.69) is 5.10 Å². The van der Waals surface area contributed by atoms with E-state index in [4.69, 9.17) is 5.11 Å². The molecule has 0 heterocycles. The van der Waals surface area contributed by atoms with Crippen LogP contribution in [0.4, 0.5) is 4.79 Å². The minimum atomic E-state index is -1.02. The molecule has 1 N–H and O–H groups in total. The monoisotopic (exact) mass is 172 g/mol. The van der Waals surface area contributed by atoms with Gasteiger partial charge in [-0.25, -0.2) is 4.79 Å². The molecule has 0 bridgehead atoms. The van der Waals surface area contributed by atoms with Crippen molar-refractivity contribution < 1.29 is 9.90 Å². The first-order valence-corrected chi connectivity index (χ1v) is 3.80. The quantitative estimate of drug-likeness (QED) is 0.486. The van der Waals surface area contributed by atoms with Crippen LogP contribution in [0, 0.1) is 0 Å². The molecule has 1 amide bonds. The van der Waals surface area contributed by atoms with Crippen molar-refractivity contribution in [1.29, 1.82) is 0 Å². The van der Waals surface area contributed by atoms with Crippen LogP contribution in [0.5, 0.6) is 0 Å². The lowest BCUT2D eigenvalue weighted by molar-refractivity contribution is 0.103. The first-order valence-electron chi connectivity index (χ1n) is 3.80. The Morgan fingerprint density at radius 1 is 1.33 bits per heavy atom. The summed E-state index contributed by atoms with van der Waals surface area (Å²) in [7, 11) is 0. The number of hydrazone groups is 1. The van der Waals surface area contributed by atoms with Crippen molar-refractivity contribution in [2.75, 3.05) is 0 Å². The standard InChI is InChI=1S/C8H16N2O2/c1-6(2)9-10(7(11)12)8(3,4)5/h1-5H3,(H,11,12). The maximum Gasteiger partial charge on any atom is 0.428 e. The molecule has 0 aromatic carbocycles. The van der Waals surface area contributed by atoms with Crippen LogP contribution in [0.15, 0.2) is 5.10 Å². The van der Waals surface area contributed by atoms with Gasteiger partial charge in [0.05, 0.1) is 5.54 Å². The second kappa shape index (κ2) is 3.56. The van der Waals surface area contributed by atoms with E-state index in [1.807, 2.05) is 0 Å². The minimum Gasteiger partial charge on any atom is -0.464 e. The van der Waals surface area contributed by atoms with Gasteiger partial charge in [0.1, 0.15) is 0 Å². The number of hydrogen-bond acceptors (Lipinski definition) is 2. The Morgan fingerprint density at radius 2 is 1.75 bits per heavy atom.